The van der Waals surface area contributed by atoms with Gasteiger partial charge in [0.2, 0.25) is 0 Å². The third kappa shape index (κ3) is 4.41. The van der Waals surface area contributed by atoms with Gasteiger partial charge in [0, 0.05) is 18.7 Å². The molecule has 0 fully saturated rings. The van der Waals surface area contributed by atoms with Crippen LogP contribution in [0.15, 0.2) is 79.1 Å². The molecule has 0 radical (unpaired) electrons. The Bertz CT molecular complexity index is 1580. The monoisotopic (exact) mass is 485 g/mol. The van der Waals surface area contributed by atoms with E-state index in [4.69, 9.17) is 0 Å². The highest BCUT2D eigenvalue weighted by Gasteiger charge is 2.23. The second-order valence-corrected chi connectivity index (χ2v) is 8.18. The number of aromatic nitrogens is 5. The van der Waals surface area contributed by atoms with E-state index >= 15 is 0 Å². The molecule has 0 aliphatic heterocycles. The predicted molar refractivity (Wildman–Crippen MR) is 129 cm³/mol. The van der Waals surface area contributed by atoms with E-state index in [1.807, 2.05) is 28.8 Å². The first-order valence-electron chi connectivity index (χ1n) is 11.0. The lowest BCUT2D eigenvalue weighted by atomic mass is 10.1. The molecule has 1 N–H and O–H groups in total. The Morgan fingerprint density at radius 1 is 1.11 bits per heavy atom. The molecular formula is C25H20FN7O3. The molecule has 5 aromatic rings. The maximum Gasteiger partial charge on any atom is 0.274 e. The summed E-state index contributed by atoms with van der Waals surface area (Å²) in [5.74, 6) is -0.865. The summed E-state index contributed by atoms with van der Waals surface area (Å²) < 4.78 is 16.9. The second-order valence-electron chi connectivity index (χ2n) is 8.18. The normalized spacial score (nSPS) is 11.9. The Morgan fingerprint density at radius 2 is 1.89 bits per heavy atom. The summed E-state index contributed by atoms with van der Waals surface area (Å²) in [6.07, 6.45) is 1.69. The van der Waals surface area contributed by atoms with Crippen LogP contribution < -0.4 is 5.32 Å². The third-order valence-corrected chi connectivity index (χ3v) is 5.88. The topological polar surface area (TPSA) is 121 Å². The van der Waals surface area contributed by atoms with Gasteiger partial charge in [-0.05, 0) is 42.8 Å². The smallest absolute Gasteiger partial charge is 0.274 e. The molecule has 3 aromatic carbocycles. The lowest BCUT2D eigenvalue weighted by Gasteiger charge is -2.20. The first-order valence-corrected chi connectivity index (χ1v) is 11.0. The Labute approximate surface area is 204 Å². The zero-order valence-electron chi connectivity index (χ0n) is 19.1. The van der Waals surface area contributed by atoms with Crippen LogP contribution >= 0.6 is 0 Å². The van der Waals surface area contributed by atoms with Crippen LogP contribution in [-0.2, 0) is 6.54 Å². The molecule has 10 nitrogen and oxygen atoms in total. The van der Waals surface area contributed by atoms with Crippen molar-refractivity contribution in [3.8, 4) is 5.69 Å². The molecule has 1 atom stereocenters. The van der Waals surface area contributed by atoms with E-state index in [1.54, 1.807) is 31.5 Å². The minimum atomic E-state index is -0.530. The van der Waals surface area contributed by atoms with Crippen molar-refractivity contribution in [2.75, 3.05) is 0 Å². The zero-order chi connectivity index (χ0) is 25.2. The summed E-state index contributed by atoms with van der Waals surface area (Å²) in [5, 5.41) is 22.2. The number of hydrogen-bond acceptors (Lipinski definition) is 6. The van der Waals surface area contributed by atoms with Gasteiger partial charge in [-0.25, -0.2) is 14.1 Å². The summed E-state index contributed by atoms with van der Waals surface area (Å²) >= 11 is 0. The van der Waals surface area contributed by atoms with Crippen molar-refractivity contribution in [3.05, 3.63) is 112 Å². The number of nitrogens with zero attached hydrogens (tertiary/aromatic N) is 6. The maximum absolute atomic E-state index is 13.6. The van der Waals surface area contributed by atoms with Crippen LogP contribution in [0.5, 0.6) is 0 Å². The van der Waals surface area contributed by atoms with Gasteiger partial charge in [-0.15, -0.1) is 5.10 Å². The van der Waals surface area contributed by atoms with Crippen molar-refractivity contribution in [1.29, 1.82) is 0 Å². The van der Waals surface area contributed by atoms with Crippen molar-refractivity contribution in [2.45, 2.75) is 19.5 Å². The van der Waals surface area contributed by atoms with Crippen LogP contribution in [0.25, 0.3) is 16.7 Å². The van der Waals surface area contributed by atoms with E-state index in [2.05, 4.69) is 20.6 Å². The number of amides is 1. The van der Waals surface area contributed by atoms with Gasteiger partial charge in [0.1, 0.15) is 5.82 Å². The van der Waals surface area contributed by atoms with Crippen LogP contribution in [0, 0.1) is 22.9 Å². The van der Waals surface area contributed by atoms with Crippen molar-refractivity contribution in [3.63, 3.8) is 0 Å². The van der Waals surface area contributed by atoms with E-state index < -0.39 is 16.9 Å². The van der Waals surface area contributed by atoms with E-state index in [-0.39, 0.29) is 17.2 Å². The molecule has 0 saturated carbocycles. The van der Waals surface area contributed by atoms with Crippen molar-refractivity contribution < 1.29 is 14.1 Å². The summed E-state index contributed by atoms with van der Waals surface area (Å²) in [4.78, 5) is 28.3. The lowest BCUT2D eigenvalue weighted by molar-refractivity contribution is -0.384. The fourth-order valence-corrected chi connectivity index (χ4v) is 4.03. The summed E-state index contributed by atoms with van der Waals surface area (Å²) in [6, 6.07) is 18.9. The lowest BCUT2D eigenvalue weighted by Crippen LogP contribution is -2.32. The molecule has 0 aliphatic rings. The molecule has 36 heavy (non-hydrogen) atoms. The molecule has 5 rings (SSSR count). The molecule has 180 valence electrons. The number of carbonyl (C=O) groups excluding carboxylic acids is 1. The highest BCUT2D eigenvalue weighted by molar-refractivity contribution is 5.93. The number of imidazole rings is 1. The van der Waals surface area contributed by atoms with Gasteiger partial charge in [0.15, 0.2) is 5.69 Å². The molecule has 0 spiro atoms. The number of benzene rings is 3. The van der Waals surface area contributed by atoms with Gasteiger partial charge < -0.3 is 9.88 Å². The fourth-order valence-electron chi connectivity index (χ4n) is 4.03. The average Bonchev–Trinajstić information content (AvgIpc) is 3.47. The quantitative estimate of drug-likeness (QED) is 0.273. The fraction of sp³-hybridized carbons (Fsp3) is 0.120. The number of para-hydroxylation sites is 2. The standard InChI is InChI=1S/C25H20FN7O3/c1-16-24(29-30-32(16)19-5-4-6-20(13-19)33(35)36)25(34)28-22(17-9-11-18(26)12-10-17)14-31-15-27-21-7-2-3-8-23(21)31/h2-13,15,22H,14H2,1H3,(H,28,34). The van der Waals surface area contributed by atoms with Crippen LogP contribution in [0.4, 0.5) is 10.1 Å². The van der Waals surface area contributed by atoms with Crippen LogP contribution in [-0.4, -0.2) is 35.4 Å². The minimum absolute atomic E-state index is 0.0732. The molecule has 1 amide bonds. The van der Waals surface area contributed by atoms with Crippen LogP contribution in [0.1, 0.15) is 27.8 Å². The molecule has 2 aromatic heterocycles. The van der Waals surface area contributed by atoms with Gasteiger partial charge in [-0.1, -0.05) is 35.5 Å². The van der Waals surface area contributed by atoms with Crippen molar-refractivity contribution in [1.82, 2.24) is 29.9 Å². The minimum Gasteiger partial charge on any atom is -0.342 e. The second kappa shape index (κ2) is 9.37. The molecule has 0 bridgehead atoms. The highest BCUT2D eigenvalue weighted by atomic mass is 19.1. The third-order valence-electron chi connectivity index (χ3n) is 5.88. The van der Waals surface area contributed by atoms with Gasteiger partial charge in [-0.2, -0.15) is 0 Å². The van der Waals surface area contributed by atoms with Crippen molar-refractivity contribution >= 4 is 22.6 Å². The molecule has 0 saturated heterocycles. The maximum atomic E-state index is 13.6. The predicted octanol–water partition coefficient (Wildman–Crippen LogP) is 4.14. The number of hydrogen-bond donors (Lipinski definition) is 1. The Morgan fingerprint density at radius 3 is 2.67 bits per heavy atom. The Balaban J connectivity index is 1.45. The number of halogens is 1. The highest BCUT2D eigenvalue weighted by Crippen LogP contribution is 2.22. The number of nitro groups is 1. The molecule has 2 heterocycles. The number of nitro benzene ring substituents is 1. The number of fused-ring (bicyclic) bond motifs is 1. The van der Waals surface area contributed by atoms with E-state index in [0.717, 1.165) is 11.0 Å². The molecule has 0 aliphatic carbocycles. The van der Waals surface area contributed by atoms with E-state index in [0.29, 0.717) is 23.5 Å². The Hall–Kier alpha value is -4.93. The van der Waals surface area contributed by atoms with Gasteiger partial charge >= 0.3 is 0 Å². The van der Waals surface area contributed by atoms with Gasteiger partial charge in [-0.3, -0.25) is 14.9 Å². The number of carbonyl (C=O) groups is 1. The van der Waals surface area contributed by atoms with E-state index in [9.17, 15) is 19.3 Å². The summed E-state index contributed by atoms with van der Waals surface area (Å²) in [7, 11) is 0. The first-order chi connectivity index (χ1) is 17.4. The van der Waals surface area contributed by atoms with Crippen LogP contribution in [0.3, 0.4) is 0 Å². The van der Waals surface area contributed by atoms with Crippen molar-refractivity contribution in [2.24, 2.45) is 0 Å². The van der Waals surface area contributed by atoms with Gasteiger partial charge in [0.05, 0.1) is 39.7 Å². The van der Waals surface area contributed by atoms with Crippen LogP contribution in [0.2, 0.25) is 0 Å². The number of non-ortho nitro benzene ring substituents is 1. The zero-order valence-corrected chi connectivity index (χ0v) is 19.1. The number of rotatable bonds is 7. The summed E-state index contributed by atoms with van der Waals surface area (Å²) in [6.45, 7) is 2.00. The average molecular weight is 485 g/mol. The summed E-state index contributed by atoms with van der Waals surface area (Å²) in [5.41, 5.74) is 3.21. The molecule has 1 unspecified atom stereocenters. The largest absolute Gasteiger partial charge is 0.342 e. The SMILES string of the molecule is Cc1c(C(=O)NC(Cn2cnc3ccccc32)c2ccc(F)cc2)nnn1-c1cccc([N+](=O)[O-])c1. The first kappa shape index (κ1) is 22.8. The molecular weight excluding hydrogens is 465 g/mol. The number of nitrogens with one attached hydrogen (secondary N) is 1. The van der Waals surface area contributed by atoms with Gasteiger partial charge in [0.25, 0.3) is 11.6 Å². The van der Waals surface area contributed by atoms with E-state index in [1.165, 1.54) is 35.0 Å². The Kier molecular flexibility index (Phi) is 5.95. The molecule has 11 heteroatoms.